The summed E-state index contributed by atoms with van der Waals surface area (Å²) in [5.74, 6) is 0.181. The Morgan fingerprint density at radius 1 is 1.60 bits per heavy atom. The van der Waals surface area contributed by atoms with Crippen molar-refractivity contribution in [3.8, 4) is 0 Å². The minimum Gasteiger partial charge on any atom is -0.503 e. The maximum atomic E-state index is 11.1. The monoisotopic (exact) mass is 254 g/mol. The molecule has 58 valence electrons. The molecular weight excluding hydrogens is 243 g/mol. The van der Waals surface area contributed by atoms with Gasteiger partial charge in [-0.05, 0) is 22.6 Å². The van der Waals surface area contributed by atoms with Gasteiger partial charge in [0.2, 0.25) is 0 Å². The summed E-state index contributed by atoms with van der Waals surface area (Å²) in [5.41, 5.74) is 0. The summed E-state index contributed by atoms with van der Waals surface area (Å²) >= 11 is 1.97. The first-order valence-corrected chi connectivity index (χ1v) is 4.10. The van der Waals surface area contributed by atoms with E-state index in [9.17, 15) is 4.79 Å². The molecule has 0 saturated heterocycles. The average Bonchev–Trinajstić information content (AvgIpc) is 1.87. The zero-order valence-electron chi connectivity index (χ0n) is 6.35. The van der Waals surface area contributed by atoms with Gasteiger partial charge in [0.25, 0.3) is 0 Å². The van der Waals surface area contributed by atoms with Crippen molar-refractivity contribution in [3.63, 3.8) is 0 Å². The second kappa shape index (κ2) is 4.71. The molecule has 3 heteroatoms. The second-order valence-corrected chi connectivity index (χ2v) is 3.38. The topological polar surface area (TPSA) is 26.3 Å². The highest BCUT2D eigenvalue weighted by Gasteiger charge is 2.10. The van der Waals surface area contributed by atoms with E-state index >= 15 is 0 Å². The Hall–Kier alpha value is -0.0600. The Kier molecular flexibility index (Phi) is 4.68. The normalized spacial score (nSPS) is 11.9. The predicted octanol–water partition coefficient (Wildman–Crippen LogP) is 2.13. The van der Waals surface area contributed by atoms with E-state index in [-0.39, 0.29) is 11.7 Å². The summed E-state index contributed by atoms with van der Waals surface area (Å²) in [4.78, 5) is 11.1. The molecule has 0 amide bonds. The largest absolute Gasteiger partial charge is 0.503 e. The van der Waals surface area contributed by atoms with Crippen molar-refractivity contribution in [1.29, 1.82) is 0 Å². The maximum Gasteiger partial charge on any atom is 0.174 e. The van der Waals surface area contributed by atoms with Crippen LogP contribution in [0.2, 0.25) is 0 Å². The summed E-state index contributed by atoms with van der Waals surface area (Å²) in [5, 5.41) is 0. The lowest BCUT2D eigenvalue weighted by Gasteiger charge is -2.00. The number of hydrogen-bond donors (Lipinski definition) is 0. The fraction of sp³-hybridized carbons (Fsp3) is 0.571. The predicted molar refractivity (Wildman–Crippen MR) is 49.0 cm³/mol. The SMILES string of the molecule is CO/C=C(/I)C(=O)C(C)C. The van der Waals surface area contributed by atoms with E-state index in [0.717, 1.165) is 0 Å². The Labute approximate surface area is 74.8 Å². The zero-order valence-corrected chi connectivity index (χ0v) is 8.51. The van der Waals surface area contributed by atoms with E-state index in [1.165, 1.54) is 13.4 Å². The Morgan fingerprint density at radius 2 is 2.10 bits per heavy atom. The third-order valence-electron chi connectivity index (χ3n) is 0.981. The van der Waals surface area contributed by atoms with E-state index in [2.05, 4.69) is 4.74 Å². The molecule has 0 rings (SSSR count). The summed E-state index contributed by atoms with van der Waals surface area (Å²) < 4.78 is 5.33. The van der Waals surface area contributed by atoms with Crippen LogP contribution in [0.4, 0.5) is 0 Å². The van der Waals surface area contributed by atoms with Gasteiger partial charge in [-0.3, -0.25) is 4.79 Å². The number of carbonyl (C=O) groups is 1. The molecule has 0 heterocycles. The molecule has 0 aliphatic carbocycles. The van der Waals surface area contributed by atoms with Crippen molar-refractivity contribution in [2.45, 2.75) is 13.8 Å². The quantitative estimate of drug-likeness (QED) is 0.438. The van der Waals surface area contributed by atoms with Crippen LogP contribution in [0.1, 0.15) is 13.8 Å². The van der Waals surface area contributed by atoms with Gasteiger partial charge in [-0.25, -0.2) is 0 Å². The molecule has 0 aliphatic heterocycles. The number of halogens is 1. The maximum absolute atomic E-state index is 11.1. The number of methoxy groups -OCH3 is 1. The molecule has 0 aromatic rings. The van der Waals surface area contributed by atoms with Gasteiger partial charge < -0.3 is 4.74 Å². The number of ketones is 1. The highest BCUT2D eigenvalue weighted by Crippen LogP contribution is 2.12. The molecule has 10 heavy (non-hydrogen) atoms. The highest BCUT2D eigenvalue weighted by atomic mass is 127. The third kappa shape index (κ3) is 3.20. The fourth-order valence-electron chi connectivity index (χ4n) is 0.437. The van der Waals surface area contributed by atoms with Gasteiger partial charge in [0.05, 0.1) is 17.0 Å². The second-order valence-electron chi connectivity index (χ2n) is 2.22. The van der Waals surface area contributed by atoms with Crippen LogP contribution in [0.25, 0.3) is 0 Å². The van der Waals surface area contributed by atoms with Gasteiger partial charge in [-0.2, -0.15) is 0 Å². The average molecular weight is 254 g/mol. The lowest BCUT2D eigenvalue weighted by Crippen LogP contribution is -2.06. The van der Waals surface area contributed by atoms with Crippen LogP contribution < -0.4 is 0 Å². The molecule has 0 unspecified atom stereocenters. The molecule has 0 aliphatic rings. The molecule has 0 aromatic carbocycles. The summed E-state index contributed by atoms with van der Waals surface area (Å²) in [6, 6.07) is 0. The first-order valence-electron chi connectivity index (χ1n) is 3.02. The fourth-order valence-corrected chi connectivity index (χ4v) is 1.31. The van der Waals surface area contributed by atoms with Crippen LogP contribution in [-0.2, 0) is 9.53 Å². The smallest absolute Gasteiger partial charge is 0.174 e. The molecule has 0 N–H and O–H groups in total. The van der Waals surface area contributed by atoms with E-state index in [1.807, 2.05) is 36.4 Å². The molecule has 0 bridgehead atoms. The van der Waals surface area contributed by atoms with Crippen molar-refractivity contribution in [2.24, 2.45) is 5.92 Å². The number of Topliss-reactive ketones (excluding diaryl/α,β-unsaturated/α-hetero) is 1. The first-order chi connectivity index (χ1) is 4.59. The molecule has 0 radical (unpaired) electrons. The molecule has 0 saturated carbocycles. The number of carbonyl (C=O) groups excluding carboxylic acids is 1. The van der Waals surface area contributed by atoms with Gasteiger partial charge in [0, 0.05) is 5.92 Å². The standard InChI is InChI=1S/C7H11IO2/c1-5(2)7(9)6(8)4-10-3/h4-5H,1-3H3/b6-4+. The van der Waals surface area contributed by atoms with Gasteiger partial charge in [-0.1, -0.05) is 13.8 Å². The molecule has 0 aromatic heterocycles. The van der Waals surface area contributed by atoms with E-state index < -0.39 is 0 Å². The van der Waals surface area contributed by atoms with Crippen molar-refractivity contribution in [3.05, 3.63) is 9.84 Å². The van der Waals surface area contributed by atoms with E-state index in [0.29, 0.717) is 3.58 Å². The van der Waals surface area contributed by atoms with Crippen LogP contribution in [0, 0.1) is 5.92 Å². The van der Waals surface area contributed by atoms with Crippen LogP contribution in [0.5, 0.6) is 0 Å². The highest BCUT2D eigenvalue weighted by molar-refractivity contribution is 14.1. The van der Waals surface area contributed by atoms with Gasteiger partial charge in [-0.15, -0.1) is 0 Å². The minimum atomic E-state index is 0.0540. The molecule has 0 fully saturated rings. The molecular formula is C7H11IO2. The third-order valence-corrected chi connectivity index (χ3v) is 1.77. The van der Waals surface area contributed by atoms with E-state index in [1.54, 1.807) is 0 Å². The lowest BCUT2D eigenvalue weighted by atomic mass is 10.1. The van der Waals surface area contributed by atoms with E-state index in [4.69, 9.17) is 0 Å². The van der Waals surface area contributed by atoms with Crippen LogP contribution in [0.3, 0.4) is 0 Å². The van der Waals surface area contributed by atoms with Crippen LogP contribution >= 0.6 is 22.6 Å². The van der Waals surface area contributed by atoms with Gasteiger partial charge >= 0.3 is 0 Å². The van der Waals surface area contributed by atoms with Crippen LogP contribution in [0.15, 0.2) is 9.84 Å². The Morgan fingerprint density at radius 3 is 2.40 bits per heavy atom. The first kappa shape index (κ1) is 9.94. The van der Waals surface area contributed by atoms with Crippen molar-refractivity contribution in [2.75, 3.05) is 7.11 Å². The number of allylic oxidation sites excluding steroid dienone is 1. The zero-order chi connectivity index (χ0) is 8.15. The minimum absolute atomic E-state index is 0.0540. The van der Waals surface area contributed by atoms with Crippen molar-refractivity contribution in [1.82, 2.24) is 0 Å². The van der Waals surface area contributed by atoms with Gasteiger partial charge in [0.15, 0.2) is 5.78 Å². The van der Waals surface area contributed by atoms with Gasteiger partial charge in [0.1, 0.15) is 0 Å². The summed E-state index contributed by atoms with van der Waals surface area (Å²) in [6.45, 7) is 3.73. The molecule has 0 spiro atoms. The summed E-state index contributed by atoms with van der Waals surface area (Å²) in [6.07, 6.45) is 1.46. The van der Waals surface area contributed by atoms with Crippen molar-refractivity contribution < 1.29 is 9.53 Å². The lowest BCUT2D eigenvalue weighted by molar-refractivity contribution is -0.117. The molecule has 2 nitrogen and oxygen atoms in total. The van der Waals surface area contributed by atoms with Crippen LogP contribution in [-0.4, -0.2) is 12.9 Å². The Balaban J connectivity index is 4.08. The number of ether oxygens (including phenoxy) is 1. The summed E-state index contributed by atoms with van der Waals surface area (Å²) in [7, 11) is 1.53. The Bertz CT molecular complexity index is 150. The molecule has 0 atom stereocenters. The number of hydrogen-bond acceptors (Lipinski definition) is 2. The van der Waals surface area contributed by atoms with Crippen molar-refractivity contribution >= 4 is 28.4 Å². The number of rotatable bonds is 3.